The molecule has 0 saturated carbocycles. The van der Waals surface area contributed by atoms with E-state index in [1.807, 2.05) is 0 Å². The summed E-state index contributed by atoms with van der Waals surface area (Å²) in [6, 6.07) is 1.77. The molecule has 0 aliphatic carbocycles. The van der Waals surface area contributed by atoms with Crippen LogP contribution in [0.15, 0.2) is 12.4 Å². The zero-order valence-corrected chi connectivity index (χ0v) is 6.65. The molecule has 0 bridgehead atoms. The minimum Gasteiger partial charge on any atom is -0.423 e. The Labute approximate surface area is 74.2 Å². The Morgan fingerprint density at radius 2 is 2.17 bits per heavy atom. The van der Waals surface area contributed by atoms with Gasteiger partial charge in [-0.3, -0.25) is 4.98 Å². The lowest BCUT2D eigenvalue weighted by Crippen LogP contribution is -2.31. The Kier molecular flexibility index (Phi) is 2.66. The lowest BCUT2D eigenvalue weighted by molar-refractivity contribution is 0.425. The van der Waals surface area contributed by atoms with Gasteiger partial charge in [0.15, 0.2) is 0 Å². The van der Waals surface area contributed by atoms with Crippen LogP contribution in [0.2, 0.25) is 5.02 Å². The third-order valence-corrected chi connectivity index (χ3v) is 1.73. The molecule has 1 aromatic rings. The van der Waals surface area contributed by atoms with E-state index >= 15 is 0 Å². The number of halogens is 1. The molecule has 0 aliphatic heterocycles. The highest BCUT2D eigenvalue weighted by Gasteiger charge is 2.17. The highest BCUT2D eigenvalue weighted by atomic mass is 35.5. The van der Waals surface area contributed by atoms with Gasteiger partial charge in [-0.05, 0) is 0 Å². The Morgan fingerprint density at radius 3 is 2.67 bits per heavy atom. The maximum absolute atomic E-state index is 8.75. The van der Waals surface area contributed by atoms with Gasteiger partial charge in [-0.2, -0.15) is 5.26 Å². The van der Waals surface area contributed by atoms with Crippen molar-refractivity contribution in [2.75, 3.05) is 0 Å². The molecule has 1 rings (SSSR count). The zero-order chi connectivity index (χ0) is 9.14. The topological polar surface area (TPSA) is 77.1 Å². The molecule has 0 radical (unpaired) electrons. The van der Waals surface area contributed by atoms with Gasteiger partial charge in [0, 0.05) is 17.9 Å². The molecule has 1 heterocycles. The van der Waals surface area contributed by atoms with E-state index in [0.717, 1.165) is 0 Å². The summed E-state index contributed by atoms with van der Waals surface area (Å²) in [6.45, 7) is 0. The van der Waals surface area contributed by atoms with E-state index in [9.17, 15) is 0 Å². The van der Waals surface area contributed by atoms with Crippen LogP contribution in [0.1, 0.15) is 5.56 Å². The first-order chi connectivity index (χ1) is 5.66. The van der Waals surface area contributed by atoms with Gasteiger partial charge in [-0.25, -0.2) is 0 Å². The SMILES string of the molecule is N#Cc1cncc(B(O)O)c1Cl. The minimum atomic E-state index is -1.70. The van der Waals surface area contributed by atoms with Gasteiger partial charge in [0.05, 0.1) is 10.6 Å². The largest absolute Gasteiger partial charge is 0.491 e. The standard InChI is InChI=1S/C6H4BClN2O2/c8-6-4(1-9)2-10-3-5(6)7(11)12/h2-3,11-12H. The highest BCUT2D eigenvalue weighted by molar-refractivity contribution is 6.62. The van der Waals surface area contributed by atoms with E-state index in [1.165, 1.54) is 12.4 Å². The predicted molar refractivity (Wildman–Crippen MR) is 43.8 cm³/mol. The maximum atomic E-state index is 8.75. The Hall–Kier alpha value is -1.09. The van der Waals surface area contributed by atoms with Crippen LogP contribution in [0, 0.1) is 11.3 Å². The second-order valence-corrected chi connectivity index (χ2v) is 2.45. The third-order valence-electron chi connectivity index (χ3n) is 1.31. The van der Waals surface area contributed by atoms with Crippen molar-refractivity contribution in [2.24, 2.45) is 0 Å². The van der Waals surface area contributed by atoms with E-state index in [1.54, 1.807) is 6.07 Å². The number of pyridine rings is 1. The molecule has 0 atom stereocenters. The van der Waals surface area contributed by atoms with Crippen LogP contribution < -0.4 is 5.46 Å². The van der Waals surface area contributed by atoms with Gasteiger partial charge >= 0.3 is 7.12 Å². The fourth-order valence-corrected chi connectivity index (χ4v) is 0.956. The fourth-order valence-electron chi connectivity index (χ4n) is 0.719. The molecule has 12 heavy (non-hydrogen) atoms. The molecule has 6 heteroatoms. The van der Waals surface area contributed by atoms with Crippen molar-refractivity contribution >= 4 is 24.2 Å². The molecule has 0 fully saturated rings. The van der Waals surface area contributed by atoms with Crippen molar-refractivity contribution in [3.63, 3.8) is 0 Å². The normalized spacial score (nSPS) is 9.17. The molecular weight excluding hydrogens is 178 g/mol. The van der Waals surface area contributed by atoms with E-state index in [4.69, 9.17) is 26.9 Å². The van der Waals surface area contributed by atoms with E-state index < -0.39 is 7.12 Å². The van der Waals surface area contributed by atoms with Gasteiger partial charge in [0.25, 0.3) is 0 Å². The fraction of sp³-hybridized carbons (Fsp3) is 0. The van der Waals surface area contributed by atoms with Gasteiger partial charge < -0.3 is 10.0 Å². The van der Waals surface area contributed by atoms with Gasteiger partial charge in [0.2, 0.25) is 0 Å². The molecule has 0 saturated heterocycles. The summed E-state index contributed by atoms with van der Waals surface area (Å²) in [5.41, 5.74) is 0.165. The summed E-state index contributed by atoms with van der Waals surface area (Å²) in [5, 5.41) is 26.0. The molecule has 0 spiro atoms. The molecule has 60 valence electrons. The zero-order valence-electron chi connectivity index (χ0n) is 5.90. The van der Waals surface area contributed by atoms with E-state index in [0.29, 0.717) is 0 Å². The summed E-state index contributed by atoms with van der Waals surface area (Å²) in [7, 11) is -1.70. The average molecular weight is 182 g/mol. The quantitative estimate of drug-likeness (QED) is 0.562. The van der Waals surface area contributed by atoms with Crippen molar-refractivity contribution in [2.45, 2.75) is 0 Å². The summed E-state index contributed by atoms with van der Waals surface area (Å²) in [4.78, 5) is 3.61. The summed E-state index contributed by atoms with van der Waals surface area (Å²) >= 11 is 5.62. The Balaban J connectivity index is 3.25. The molecule has 2 N–H and O–H groups in total. The predicted octanol–water partition coefficient (Wildman–Crippen LogP) is -0.714. The first-order valence-corrected chi connectivity index (χ1v) is 3.44. The van der Waals surface area contributed by atoms with Crippen LogP contribution in [0.4, 0.5) is 0 Å². The van der Waals surface area contributed by atoms with Crippen LogP contribution in [0.3, 0.4) is 0 Å². The summed E-state index contributed by atoms with van der Waals surface area (Å²) in [5.74, 6) is 0. The molecular formula is C6H4BClN2O2. The maximum Gasteiger partial charge on any atom is 0.491 e. The Morgan fingerprint density at radius 1 is 1.50 bits per heavy atom. The first kappa shape index (κ1) is 9.01. The number of rotatable bonds is 1. The van der Waals surface area contributed by atoms with Gasteiger partial charge in [-0.1, -0.05) is 11.6 Å². The summed E-state index contributed by atoms with van der Waals surface area (Å²) < 4.78 is 0. The monoisotopic (exact) mass is 182 g/mol. The molecule has 4 nitrogen and oxygen atoms in total. The van der Waals surface area contributed by atoms with Crippen molar-refractivity contribution in [3.05, 3.63) is 23.0 Å². The van der Waals surface area contributed by atoms with Crippen molar-refractivity contribution in [1.82, 2.24) is 4.98 Å². The third kappa shape index (κ3) is 1.56. The van der Waals surface area contributed by atoms with Crippen LogP contribution in [-0.4, -0.2) is 22.2 Å². The first-order valence-electron chi connectivity index (χ1n) is 3.06. The average Bonchev–Trinajstić information content (AvgIpc) is 2.04. The highest BCUT2D eigenvalue weighted by Crippen LogP contribution is 2.09. The van der Waals surface area contributed by atoms with Crippen LogP contribution in [-0.2, 0) is 0 Å². The lowest BCUT2D eigenvalue weighted by atomic mass is 9.81. The van der Waals surface area contributed by atoms with Gasteiger partial charge in [0.1, 0.15) is 6.07 Å². The number of nitrogens with zero attached hydrogens (tertiary/aromatic N) is 2. The Bertz CT molecular complexity index is 337. The number of nitriles is 1. The summed E-state index contributed by atoms with van der Waals surface area (Å²) in [6.07, 6.45) is 2.46. The van der Waals surface area contributed by atoms with Crippen molar-refractivity contribution in [1.29, 1.82) is 5.26 Å². The molecule has 0 unspecified atom stereocenters. The molecule has 0 aliphatic rings. The molecule has 1 aromatic heterocycles. The lowest BCUT2D eigenvalue weighted by Gasteiger charge is -2.01. The van der Waals surface area contributed by atoms with Crippen LogP contribution >= 0.6 is 11.6 Å². The molecule has 0 aromatic carbocycles. The van der Waals surface area contributed by atoms with Crippen molar-refractivity contribution < 1.29 is 10.0 Å². The van der Waals surface area contributed by atoms with Crippen molar-refractivity contribution in [3.8, 4) is 6.07 Å². The second-order valence-electron chi connectivity index (χ2n) is 2.08. The number of hydrogen-bond donors (Lipinski definition) is 2. The van der Waals surface area contributed by atoms with Crippen LogP contribution in [0.5, 0.6) is 0 Å². The van der Waals surface area contributed by atoms with Crippen LogP contribution in [0.25, 0.3) is 0 Å². The molecule has 0 amide bonds. The minimum absolute atomic E-state index is 0.0301. The van der Waals surface area contributed by atoms with E-state index in [2.05, 4.69) is 4.98 Å². The second kappa shape index (κ2) is 3.54. The number of hydrogen-bond acceptors (Lipinski definition) is 4. The smallest absolute Gasteiger partial charge is 0.423 e. The van der Waals surface area contributed by atoms with E-state index in [-0.39, 0.29) is 16.0 Å². The number of aromatic nitrogens is 1. The van der Waals surface area contributed by atoms with Gasteiger partial charge in [-0.15, -0.1) is 0 Å².